The van der Waals surface area contributed by atoms with Crippen LogP contribution in [0.25, 0.3) is 0 Å². The minimum absolute atomic E-state index is 0.0612. The lowest BCUT2D eigenvalue weighted by atomic mass is 9.72. The molecule has 2 aromatic rings. The van der Waals surface area contributed by atoms with Gasteiger partial charge in [-0.1, -0.05) is 36.4 Å². The van der Waals surface area contributed by atoms with E-state index in [9.17, 15) is 19.8 Å². The molecule has 0 radical (unpaired) electrons. The molecule has 2 aromatic carbocycles. The molecule has 1 heterocycles. The predicted molar refractivity (Wildman–Crippen MR) is 110 cm³/mol. The van der Waals surface area contributed by atoms with Crippen LogP contribution in [-0.4, -0.2) is 58.4 Å². The molecule has 7 nitrogen and oxygen atoms in total. The molecule has 0 spiro atoms. The Labute approximate surface area is 175 Å². The van der Waals surface area contributed by atoms with Crippen LogP contribution < -0.4 is 4.74 Å². The summed E-state index contributed by atoms with van der Waals surface area (Å²) in [5, 5.41) is 29.8. The Morgan fingerprint density at radius 3 is 2.47 bits per heavy atom. The number of ether oxygens (including phenoxy) is 1. The quantitative estimate of drug-likeness (QED) is 0.637. The van der Waals surface area contributed by atoms with Gasteiger partial charge in [-0.3, -0.25) is 9.59 Å². The number of carbonyl (C=O) groups is 2. The first-order valence-corrected chi connectivity index (χ1v) is 9.89. The number of carbonyl (C=O) groups excluding carboxylic acids is 1. The van der Waals surface area contributed by atoms with E-state index >= 15 is 0 Å². The lowest BCUT2D eigenvalue weighted by Gasteiger charge is -2.43. The summed E-state index contributed by atoms with van der Waals surface area (Å²) >= 11 is 0. The maximum absolute atomic E-state index is 12.9. The normalized spacial score (nSPS) is 21.3. The molecule has 0 bridgehead atoms. The smallest absolute Gasteiger partial charge is 0.314 e. The Bertz CT molecular complexity index is 897. The number of aliphatic hydroxyl groups excluding tert-OH is 2. The first-order valence-electron chi connectivity index (χ1n) is 9.89. The monoisotopic (exact) mass is 413 g/mol. The summed E-state index contributed by atoms with van der Waals surface area (Å²) in [6.07, 6.45) is -0.633. The van der Waals surface area contributed by atoms with Crippen molar-refractivity contribution in [1.82, 2.24) is 4.90 Å². The Balaban J connectivity index is 1.79. The van der Waals surface area contributed by atoms with Crippen LogP contribution in [0.5, 0.6) is 5.75 Å². The minimum atomic E-state index is -1.49. The molecule has 3 N–H and O–H groups in total. The number of piperidine rings is 1. The number of hydrogen-bond acceptors (Lipinski definition) is 5. The number of methoxy groups -OCH3 is 1. The second-order valence-corrected chi connectivity index (χ2v) is 7.76. The molecule has 0 aromatic heterocycles. The number of carboxylic acid groups (broad SMARTS) is 1. The van der Waals surface area contributed by atoms with E-state index in [1.165, 1.54) is 12.0 Å². The maximum atomic E-state index is 12.9. The highest BCUT2D eigenvalue weighted by Crippen LogP contribution is 2.35. The van der Waals surface area contributed by atoms with Gasteiger partial charge < -0.3 is 25.0 Å². The number of amides is 1. The molecule has 1 aliphatic heterocycles. The third kappa shape index (κ3) is 4.63. The zero-order chi connectivity index (χ0) is 21.7. The molecule has 1 amide bonds. The summed E-state index contributed by atoms with van der Waals surface area (Å²) in [5.41, 5.74) is 0.790. The number of likely N-dealkylation sites (tertiary alicyclic amines) is 1. The molecule has 160 valence electrons. The summed E-state index contributed by atoms with van der Waals surface area (Å²) in [6, 6.07) is 14.2. The number of benzene rings is 2. The maximum Gasteiger partial charge on any atom is 0.314 e. The fraction of sp³-hybridized carbons (Fsp3) is 0.391. The molecule has 0 saturated carbocycles. The van der Waals surface area contributed by atoms with Gasteiger partial charge in [0.15, 0.2) is 0 Å². The zero-order valence-electron chi connectivity index (χ0n) is 17.0. The first-order chi connectivity index (χ1) is 14.4. The van der Waals surface area contributed by atoms with Crippen molar-refractivity contribution in [3.63, 3.8) is 0 Å². The second-order valence-electron chi connectivity index (χ2n) is 7.76. The molecule has 3 rings (SSSR count). The van der Waals surface area contributed by atoms with Gasteiger partial charge in [-0.15, -0.1) is 0 Å². The minimum Gasteiger partial charge on any atom is -0.497 e. The van der Waals surface area contributed by atoms with Crippen LogP contribution in [0.2, 0.25) is 0 Å². The second kappa shape index (κ2) is 9.28. The van der Waals surface area contributed by atoms with E-state index in [0.29, 0.717) is 12.3 Å². The zero-order valence-corrected chi connectivity index (χ0v) is 17.0. The molecule has 2 atom stereocenters. The van der Waals surface area contributed by atoms with Crippen LogP contribution >= 0.6 is 0 Å². The fourth-order valence-corrected chi connectivity index (χ4v) is 3.95. The highest BCUT2D eigenvalue weighted by atomic mass is 16.5. The standard InChI is InChI=1S/C23H27NO6/c1-30-19-4-2-3-18(11-19)13-23(22(28)29)15-24(10-9-20(23)26)21(27)12-16-5-7-17(14-25)8-6-16/h2-8,11,20,25-26H,9-10,12-15H2,1H3,(H,28,29)/t20-,23-/m1/s1. The highest BCUT2D eigenvalue weighted by molar-refractivity contribution is 5.82. The molecular weight excluding hydrogens is 386 g/mol. The molecule has 1 fully saturated rings. The Morgan fingerprint density at radius 1 is 1.13 bits per heavy atom. The average Bonchev–Trinajstić information content (AvgIpc) is 2.75. The van der Waals surface area contributed by atoms with Gasteiger partial charge in [0.05, 0.1) is 26.2 Å². The van der Waals surface area contributed by atoms with Crippen LogP contribution in [0.4, 0.5) is 0 Å². The summed E-state index contributed by atoms with van der Waals surface area (Å²) in [4.78, 5) is 26.7. The van der Waals surface area contributed by atoms with Crippen molar-refractivity contribution in [2.24, 2.45) is 5.41 Å². The number of aliphatic carboxylic acids is 1. The van der Waals surface area contributed by atoms with Gasteiger partial charge in [-0.05, 0) is 41.7 Å². The van der Waals surface area contributed by atoms with Gasteiger partial charge in [0, 0.05) is 13.1 Å². The number of hydrogen-bond donors (Lipinski definition) is 3. The molecule has 1 aliphatic rings. The van der Waals surface area contributed by atoms with E-state index in [1.807, 2.05) is 0 Å². The van der Waals surface area contributed by atoms with Crippen LogP contribution in [0, 0.1) is 5.41 Å². The number of carboxylic acids is 1. The van der Waals surface area contributed by atoms with Crippen molar-refractivity contribution in [3.8, 4) is 5.75 Å². The lowest BCUT2D eigenvalue weighted by molar-refractivity contribution is -0.165. The number of rotatable bonds is 7. The molecular formula is C23H27NO6. The average molecular weight is 413 g/mol. The third-order valence-electron chi connectivity index (χ3n) is 5.78. The van der Waals surface area contributed by atoms with Crippen molar-refractivity contribution in [3.05, 3.63) is 65.2 Å². The SMILES string of the molecule is COc1cccc(C[C@@]2(C(=O)O)CN(C(=O)Cc3ccc(CO)cc3)CC[C@H]2O)c1. The molecule has 7 heteroatoms. The molecule has 0 aliphatic carbocycles. The van der Waals surface area contributed by atoms with Gasteiger partial charge in [0.2, 0.25) is 5.91 Å². The summed E-state index contributed by atoms with van der Waals surface area (Å²) in [7, 11) is 1.54. The third-order valence-corrected chi connectivity index (χ3v) is 5.78. The van der Waals surface area contributed by atoms with Crippen LogP contribution in [0.1, 0.15) is 23.1 Å². The van der Waals surface area contributed by atoms with Gasteiger partial charge in [0.25, 0.3) is 0 Å². The van der Waals surface area contributed by atoms with Crippen LogP contribution in [-0.2, 0) is 29.0 Å². The Hall–Kier alpha value is -2.90. The Morgan fingerprint density at radius 2 is 1.83 bits per heavy atom. The highest BCUT2D eigenvalue weighted by Gasteiger charge is 2.50. The molecule has 1 saturated heterocycles. The molecule has 0 unspecified atom stereocenters. The van der Waals surface area contributed by atoms with E-state index in [2.05, 4.69) is 0 Å². The van der Waals surface area contributed by atoms with E-state index in [-0.39, 0.29) is 38.3 Å². The number of nitrogens with zero attached hydrogens (tertiary/aromatic N) is 1. The lowest BCUT2D eigenvalue weighted by Crippen LogP contribution is -2.58. The van der Waals surface area contributed by atoms with Crippen molar-refractivity contribution in [2.45, 2.75) is 32.0 Å². The number of aliphatic hydroxyl groups is 2. The van der Waals surface area contributed by atoms with Gasteiger partial charge >= 0.3 is 5.97 Å². The van der Waals surface area contributed by atoms with Crippen LogP contribution in [0.15, 0.2) is 48.5 Å². The van der Waals surface area contributed by atoms with Gasteiger partial charge in [-0.2, -0.15) is 0 Å². The van der Waals surface area contributed by atoms with E-state index < -0.39 is 17.5 Å². The molecule has 30 heavy (non-hydrogen) atoms. The topological polar surface area (TPSA) is 107 Å². The van der Waals surface area contributed by atoms with Gasteiger partial charge in [0.1, 0.15) is 11.2 Å². The summed E-state index contributed by atoms with van der Waals surface area (Å²) in [5.74, 6) is -0.699. The Kier molecular flexibility index (Phi) is 6.74. The van der Waals surface area contributed by atoms with E-state index in [1.54, 1.807) is 48.5 Å². The van der Waals surface area contributed by atoms with E-state index in [4.69, 9.17) is 9.84 Å². The van der Waals surface area contributed by atoms with E-state index in [0.717, 1.165) is 16.7 Å². The fourth-order valence-electron chi connectivity index (χ4n) is 3.95. The van der Waals surface area contributed by atoms with Crippen molar-refractivity contribution in [1.29, 1.82) is 0 Å². The van der Waals surface area contributed by atoms with Crippen LogP contribution in [0.3, 0.4) is 0 Å². The van der Waals surface area contributed by atoms with Gasteiger partial charge in [-0.25, -0.2) is 0 Å². The predicted octanol–water partition coefficient (Wildman–Crippen LogP) is 1.64. The summed E-state index contributed by atoms with van der Waals surface area (Å²) < 4.78 is 5.22. The summed E-state index contributed by atoms with van der Waals surface area (Å²) in [6.45, 7) is 0.180. The van der Waals surface area contributed by atoms with Crippen molar-refractivity contribution >= 4 is 11.9 Å². The first kappa shape index (κ1) is 21.8. The largest absolute Gasteiger partial charge is 0.497 e. The van der Waals surface area contributed by atoms with Crippen molar-refractivity contribution in [2.75, 3.05) is 20.2 Å². The van der Waals surface area contributed by atoms with Crippen molar-refractivity contribution < 1.29 is 29.6 Å².